The summed E-state index contributed by atoms with van der Waals surface area (Å²) in [5, 5.41) is 0. The van der Waals surface area contributed by atoms with Crippen molar-refractivity contribution >= 4 is 50.6 Å². The van der Waals surface area contributed by atoms with Gasteiger partial charge in [-0.2, -0.15) is 0 Å². The van der Waals surface area contributed by atoms with Crippen molar-refractivity contribution in [1.29, 1.82) is 0 Å². The first-order chi connectivity index (χ1) is 15.9. The molecular formula is C23H21BrN2O5S2. The van der Waals surface area contributed by atoms with Gasteiger partial charge in [-0.05, 0) is 65.7 Å². The molecule has 0 spiro atoms. The number of thiophene rings is 1. The van der Waals surface area contributed by atoms with E-state index >= 15 is 0 Å². The van der Waals surface area contributed by atoms with E-state index in [1.165, 1.54) is 22.7 Å². The number of carbonyl (C=O) groups excluding carboxylic acids is 1. The minimum atomic E-state index is -0.711. The lowest BCUT2D eigenvalue weighted by atomic mass is 9.95. The highest BCUT2D eigenvalue weighted by Gasteiger charge is 2.33. The summed E-state index contributed by atoms with van der Waals surface area (Å²) in [5.74, 6) is 0.545. The van der Waals surface area contributed by atoms with Crippen molar-refractivity contribution in [3.8, 4) is 11.5 Å². The second-order valence-electron chi connectivity index (χ2n) is 7.06. The normalized spacial score (nSPS) is 15.8. The van der Waals surface area contributed by atoms with Crippen LogP contribution in [0.5, 0.6) is 11.5 Å². The quantitative estimate of drug-likeness (QED) is 0.439. The van der Waals surface area contributed by atoms with E-state index in [-0.39, 0.29) is 12.2 Å². The molecule has 4 rings (SSSR count). The van der Waals surface area contributed by atoms with Crippen LogP contribution >= 0.6 is 38.6 Å². The average Bonchev–Trinajstić information content (AvgIpc) is 3.34. The number of halogens is 1. The van der Waals surface area contributed by atoms with Gasteiger partial charge in [-0.25, -0.2) is 9.79 Å². The average molecular weight is 549 g/mol. The summed E-state index contributed by atoms with van der Waals surface area (Å²) in [6.45, 7) is 3.72. The van der Waals surface area contributed by atoms with Crippen molar-refractivity contribution in [2.24, 2.45) is 4.99 Å². The van der Waals surface area contributed by atoms with Crippen molar-refractivity contribution in [3.05, 3.63) is 75.5 Å². The molecular weight excluding hydrogens is 528 g/mol. The Balaban J connectivity index is 1.97. The Morgan fingerprint density at radius 1 is 1.18 bits per heavy atom. The fourth-order valence-corrected chi connectivity index (χ4v) is 6.14. The van der Waals surface area contributed by atoms with Gasteiger partial charge in [0.05, 0.1) is 46.5 Å². The van der Waals surface area contributed by atoms with E-state index in [0.29, 0.717) is 37.7 Å². The van der Waals surface area contributed by atoms with E-state index < -0.39 is 12.0 Å². The molecule has 3 aromatic rings. The molecule has 1 atom stereocenters. The third-order valence-electron chi connectivity index (χ3n) is 5.11. The summed E-state index contributed by atoms with van der Waals surface area (Å²) >= 11 is 6.27. The number of carbonyl (C=O) groups is 1. The predicted octanol–water partition coefficient (Wildman–Crippen LogP) is 3.64. The predicted molar refractivity (Wildman–Crippen MR) is 132 cm³/mol. The van der Waals surface area contributed by atoms with Crippen LogP contribution in [0.4, 0.5) is 0 Å². The largest absolute Gasteiger partial charge is 0.493 e. The number of benzene rings is 1. The lowest BCUT2D eigenvalue weighted by Gasteiger charge is -2.25. The van der Waals surface area contributed by atoms with Crippen LogP contribution in [0.2, 0.25) is 0 Å². The minimum Gasteiger partial charge on any atom is -0.493 e. The number of nitrogens with zero attached hydrogens (tertiary/aromatic N) is 2. The SMILES string of the molecule is CCOC(=O)C1=C(C)N=c2sc(=Cc3ccc(Br)s3)c(=O)n2[C@H]1c1ccc(OC)c(OC)c1. The number of hydrogen-bond acceptors (Lipinski definition) is 8. The number of ether oxygens (including phenoxy) is 3. The third kappa shape index (κ3) is 4.42. The monoisotopic (exact) mass is 548 g/mol. The van der Waals surface area contributed by atoms with Crippen molar-refractivity contribution in [2.45, 2.75) is 19.9 Å². The lowest BCUT2D eigenvalue weighted by molar-refractivity contribution is -0.139. The van der Waals surface area contributed by atoms with Gasteiger partial charge in [0.1, 0.15) is 0 Å². The van der Waals surface area contributed by atoms with Crippen molar-refractivity contribution in [2.75, 3.05) is 20.8 Å². The van der Waals surface area contributed by atoms with E-state index in [2.05, 4.69) is 20.9 Å². The van der Waals surface area contributed by atoms with E-state index in [1.807, 2.05) is 24.3 Å². The van der Waals surface area contributed by atoms with Gasteiger partial charge in [-0.3, -0.25) is 9.36 Å². The summed E-state index contributed by atoms with van der Waals surface area (Å²) in [6, 6.07) is 8.51. The molecule has 0 saturated carbocycles. The van der Waals surface area contributed by atoms with Crippen LogP contribution in [0.3, 0.4) is 0 Å². The highest BCUT2D eigenvalue weighted by molar-refractivity contribution is 9.11. The van der Waals surface area contributed by atoms with Gasteiger partial charge < -0.3 is 14.2 Å². The molecule has 0 aliphatic carbocycles. The zero-order valence-corrected chi connectivity index (χ0v) is 21.6. The minimum absolute atomic E-state index is 0.214. The third-order valence-corrected chi connectivity index (χ3v) is 7.66. The first kappa shape index (κ1) is 23.5. The molecule has 2 aromatic heterocycles. The molecule has 1 aliphatic heterocycles. The molecule has 0 fully saturated rings. The number of fused-ring (bicyclic) bond motifs is 1. The van der Waals surface area contributed by atoms with Gasteiger partial charge in [0.25, 0.3) is 5.56 Å². The van der Waals surface area contributed by atoms with Crippen LogP contribution < -0.4 is 24.4 Å². The standard InChI is InChI=1S/C23H21BrN2O5S2/c1-5-31-22(28)19-12(2)25-23-26(20(19)13-6-8-15(29-3)16(10-13)30-4)21(27)17(33-23)11-14-7-9-18(24)32-14/h6-11,20H,5H2,1-4H3/t20-/m0/s1. The van der Waals surface area contributed by atoms with Crippen LogP contribution in [0.1, 0.15) is 30.3 Å². The first-order valence-electron chi connectivity index (χ1n) is 10.0. The van der Waals surface area contributed by atoms with E-state index in [4.69, 9.17) is 14.2 Å². The van der Waals surface area contributed by atoms with Crippen LogP contribution in [-0.2, 0) is 9.53 Å². The molecule has 0 bridgehead atoms. The van der Waals surface area contributed by atoms with Gasteiger partial charge >= 0.3 is 5.97 Å². The second kappa shape index (κ2) is 9.66. The summed E-state index contributed by atoms with van der Waals surface area (Å²) in [7, 11) is 3.09. The molecule has 1 aliphatic rings. The number of hydrogen-bond donors (Lipinski definition) is 0. The molecule has 0 radical (unpaired) electrons. The molecule has 7 nitrogen and oxygen atoms in total. The van der Waals surface area contributed by atoms with Crippen LogP contribution in [0, 0.1) is 0 Å². The topological polar surface area (TPSA) is 79.1 Å². The Morgan fingerprint density at radius 2 is 1.94 bits per heavy atom. The van der Waals surface area contributed by atoms with E-state index in [1.54, 1.807) is 44.8 Å². The maximum Gasteiger partial charge on any atom is 0.338 e. The zero-order valence-electron chi connectivity index (χ0n) is 18.4. The first-order valence-corrected chi connectivity index (χ1v) is 12.5. The number of rotatable bonds is 6. The number of methoxy groups -OCH3 is 2. The Kier molecular flexibility index (Phi) is 6.87. The molecule has 10 heteroatoms. The van der Waals surface area contributed by atoms with Crippen LogP contribution in [0.15, 0.2) is 55.2 Å². The fourth-order valence-electron chi connectivity index (χ4n) is 3.66. The molecule has 33 heavy (non-hydrogen) atoms. The summed E-state index contributed by atoms with van der Waals surface area (Å²) in [4.78, 5) is 32.6. The maximum absolute atomic E-state index is 13.6. The summed E-state index contributed by atoms with van der Waals surface area (Å²) in [6.07, 6.45) is 1.84. The van der Waals surface area contributed by atoms with Gasteiger partial charge in [0.2, 0.25) is 0 Å². The molecule has 0 amide bonds. The Labute approximate surface area is 206 Å². The van der Waals surface area contributed by atoms with Crippen molar-refractivity contribution in [3.63, 3.8) is 0 Å². The molecule has 172 valence electrons. The lowest BCUT2D eigenvalue weighted by Crippen LogP contribution is -2.39. The van der Waals surface area contributed by atoms with Crippen molar-refractivity contribution < 1.29 is 19.0 Å². The van der Waals surface area contributed by atoms with E-state index in [0.717, 1.165) is 8.66 Å². The van der Waals surface area contributed by atoms with Gasteiger partial charge in [-0.15, -0.1) is 11.3 Å². The van der Waals surface area contributed by atoms with Gasteiger partial charge in [0, 0.05) is 4.88 Å². The molecule has 0 saturated heterocycles. The Morgan fingerprint density at radius 3 is 2.58 bits per heavy atom. The second-order valence-corrected chi connectivity index (χ2v) is 10.6. The molecule has 0 unspecified atom stereocenters. The highest BCUT2D eigenvalue weighted by Crippen LogP contribution is 2.36. The molecule has 3 heterocycles. The van der Waals surface area contributed by atoms with Crippen LogP contribution in [0.25, 0.3) is 6.08 Å². The molecule has 0 N–H and O–H groups in total. The summed E-state index contributed by atoms with van der Waals surface area (Å²) < 4.78 is 19.2. The highest BCUT2D eigenvalue weighted by atomic mass is 79.9. The number of aromatic nitrogens is 1. The smallest absolute Gasteiger partial charge is 0.338 e. The Hall–Kier alpha value is -2.69. The maximum atomic E-state index is 13.6. The van der Waals surface area contributed by atoms with E-state index in [9.17, 15) is 9.59 Å². The number of allylic oxidation sites excluding steroid dienone is 1. The fraction of sp³-hybridized carbons (Fsp3) is 0.261. The zero-order chi connectivity index (χ0) is 23.7. The molecule has 1 aromatic carbocycles. The number of esters is 1. The Bertz CT molecular complexity index is 1430. The van der Waals surface area contributed by atoms with Crippen LogP contribution in [-0.4, -0.2) is 31.4 Å². The number of thiazole rings is 1. The van der Waals surface area contributed by atoms with Crippen molar-refractivity contribution in [1.82, 2.24) is 4.57 Å². The summed E-state index contributed by atoms with van der Waals surface area (Å²) in [5.41, 5.74) is 1.30. The van der Waals surface area contributed by atoms with Gasteiger partial charge in [-0.1, -0.05) is 17.4 Å². The van der Waals surface area contributed by atoms with Gasteiger partial charge in [0.15, 0.2) is 16.3 Å².